The molecule has 1 N–H and O–H groups in total. The minimum atomic E-state index is -1.04. The molecule has 0 radical (unpaired) electrons. The number of hydrogen-bond donors (Lipinski definition) is 1. The molecule has 4 heteroatoms. The average molecular weight is 205 g/mol. The Kier molecular flexibility index (Phi) is 2.43. The lowest BCUT2D eigenvalue weighted by Gasteiger charge is -2.17. The number of hydrogen-bond acceptors (Lipinski definition) is 3. The molecule has 0 bridgehead atoms. The fraction of sp³-hybridized carbons (Fsp3) is 0.182. The van der Waals surface area contributed by atoms with Crippen LogP contribution >= 0.6 is 0 Å². The summed E-state index contributed by atoms with van der Waals surface area (Å²) in [5.41, 5.74) is 1.01. The van der Waals surface area contributed by atoms with Crippen LogP contribution in [0.2, 0.25) is 0 Å². The molecule has 0 aromatic heterocycles. The Labute approximate surface area is 87.3 Å². The van der Waals surface area contributed by atoms with Gasteiger partial charge in [0, 0.05) is 7.05 Å². The van der Waals surface area contributed by atoms with Crippen molar-refractivity contribution in [3.63, 3.8) is 0 Å². The van der Waals surface area contributed by atoms with Crippen LogP contribution in [0.15, 0.2) is 42.2 Å². The number of carboxylic acids is 1. The molecular formula is C11H11NO3. The first-order valence-electron chi connectivity index (χ1n) is 4.59. The maximum atomic E-state index is 10.7. The molecular weight excluding hydrogens is 194 g/mol. The van der Waals surface area contributed by atoms with Crippen LogP contribution in [0.4, 0.5) is 0 Å². The van der Waals surface area contributed by atoms with Gasteiger partial charge in [-0.2, -0.15) is 0 Å². The Hall–Kier alpha value is -1.81. The van der Waals surface area contributed by atoms with E-state index in [2.05, 4.69) is 0 Å². The van der Waals surface area contributed by atoms with E-state index in [1.54, 1.807) is 13.1 Å². The van der Waals surface area contributed by atoms with Gasteiger partial charge in [-0.25, -0.2) is 4.79 Å². The lowest BCUT2D eigenvalue weighted by atomic mass is 10.1. The summed E-state index contributed by atoms with van der Waals surface area (Å²) in [7, 11) is 1.71. The average Bonchev–Trinajstić information content (AvgIpc) is 2.62. The van der Waals surface area contributed by atoms with Crippen LogP contribution in [0.5, 0.6) is 0 Å². The molecule has 1 aliphatic heterocycles. The predicted octanol–water partition coefficient (Wildman–Crippen LogP) is 1.57. The number of carboxylic acid groups (broad SMARTS) is 1. The van der Waals surface area contributed by atoms with Gasteiger partial charge in [0.05, 0.1) is 6.04 Å². The quantitative estimate of drug-likeness (QED) is 0.796. The molecule has 0 fully saturated rings. The summed E-state index contributed by atoms with van der Waals surface area (Å²) in [4.78, 5) is 15.8. The zero-order chi connectivity index (χ0) is 10.8. The van der Waals surface area contributed by atoms with Crippen LogP contribution in [0.3, 0.4) is 0 Å². The number of likely N-dealkylation sites (N-methyl/N-ethyl adjacent to an activating group) is 1. The molecule has 1 aromatic rings. The Morgan fingerprint density at radius 3 is 2.60 bits per heavy atom. The fourth-order valence-electron chi connectivity index (χ4n) is 1.56. The number of nitrogens with zero attached hydrogens (tertiary/aromatic N) is 1. The van der Waals surface area contributed by atoms with Crippen molar-refractivity contribution >= 4 is 5.97 Å². The van der Waals surface area contributed by atoms with Gasteiger partial charge < -0.3 is 9.94 Å². The smallest absolute Gasteiger partial charge is 0.373 e. The Bertz CT molecular complexity index is 400. The van der Waals surface area contributed by atoms with E-state index < -0.39 is 5.97 Å². The normalized spacial score (nSPS) is 20.9. The van der Waals surface area contributed by atoms with E-state index >= 15 is 0 Å². The van der Waals surface area contributed by atoms with Gasteiger partial charge in [0.25, 0.3) is 0 Å². The van der Waals surface area contributed by atoms with Crippen LogP contribution < -0.4 is 0 Å². The summed E-state index contributed by atoms with van der Waals surface area (Å²) in [5.74, 6) is -1.06. The van der Waals surface area contributed by atoms with Gasteiger partial charge in [-0.3, -0.25) is 0 Å². The minimum Gasteiger partial charge on any atom is -0.475 e. The highest BCUT2D eigenvalue weighted by Crippen LogP contribution is 2.29. The van der Waals surface area contributed by atoms with Crippen molar-refractivity contribution in [2.75, 3.05) is 7.05 Å². The largest absolute Gasteiger partial charge is 0.475 e. The second kappa shape index (κ2) is 3.74. The van der Waals surface area contributed by atoms with Crippen molar-refractivity contribution in [2.45, 2.75) is 6.04 Å². The van der Waals surface area contributed by atoms with Gasteiger partial charge in [-0.05, 0) is 11.6 Å². The molecule has 0 amide bonds. The van der Waals surface area contributed by atoms with E-state index in [9.17, 15) is 4.79 Å². The van der Waals surface area contributed by atoms with Crippen LogP contribution in [0.25, 0.3) is 0 Å². The Balaban J connectivity index is 2.28. The Morgan fingerprint density at radius 1 is 1.40 bits per heavy atom. The molecule has 4 nitrogen and oxygen atoms in total. The van der Waals surface area contributed by atoms with Gasteiger partial charge in [-0.1, -0.05) is 30.3 Å². The van der Waals surface area contributed by atoms with Crippen molar-refractivity contribution in [1.82, 2.24) is 5.06 Å². The number of aliphatic carboxylic acids is 1. The first-order chi connectivity index (χ1) is 7.18. The summed E-state index contributed by atoms with van der Waals surface area (Å²) >= 11 is 0. The molecule has 78 valence electrons. The van der Waals surface area contributed by atoms with Crippen LogP contribution in [0, 0.1) is 0 Å². The van der Waals surface area contributed by atoms with E-state index in [1.165, 1.54) is 5.06 Å². The van der Waals surface area contributed by atoms with E-state index in [0.717, 1.165) is 5.56 Å². The molecule has 2 rings (SSSR count). The van der Waals surface area contributed by atoms with E-state index in [4.69, 9.17) is 9.94 Å². The number of carbonyl (C=O) groups is 1. The molecule has 0 saturated heterocycles. The highest BCUT2D eigenvalue weighted by Gasteiger charge is 2.28. The summed E-state index contributed by atoms with van der Waals surface area (Å²) in [5, 5.41) is 10.3. The third-order valence-electron chi connectivity index (χ3n) is 2.30. The van der Waals surface area contributed by atoms with Crippen LogP contribution in [0.1, 0.15) is 11.6 Å². The second-order valence-electron chi connectivity index (χ2n) is 3.33. The highest BCUT2D eigenvalue weighted by atomic mass is 16.7. The third-order valence-corrected chi connectivity index (χ3v) is 2.30. The Morgan fingerprint density at radius 2 is 2.07 bits per heavy atom. The lowest BCUT2D eigenvalue weighted by Crippen LogP contribution is -2.18. The first kappa shape index (κ1) is 9.73. The topological polar surface area (TPSA) is 49.8 Å². The van der Waals surface area contributed by atoms with Crippen molar-refractivity contribution in [3.8, 4) is 0 Å². The van der Waals surface area contributed by atoms with Crippen LogP contribution in [-0.2, 0) is 9.63 Å². The summed E-state index contributed by atoms with van der Waals surface area (Å²) in [6, 6.07) is 9.49. The molecule has 0 spiro atoms. The number of hydroxylamine groups is 2. The van der Waals surface area contributed by atoms with E-state index in [-0.39, 0.29) is 11.8 Å². The molecule has 0 saturated carbocycles. The van der Waals surface area contributed by atoms with Crippen molar-refractivity contribution in [1.29, 1.82) is 0 Å². The van der Waals surface area contributed by atoms with Gasteiger partial charge in [0.1, 0.15) is 0 Å². The zero-order valence-electron chi connectivity index (χ0n) is 8.25. The molecule has 1 aromatic carbocycles. The molecule has 0 unspecified atom stereocenters. The highest BCUT2D eigenvalue weighted by molar-refractivity contribution is 5.84. The van der Waals surface area contributed by atoms with Crippen molar-refractivity contribution in [3.05, 3.63) is 47.7 Å². The fourth-order valence-corrected chi connectivity index (χ4v) is 1.56. The summed E-state index contributed by atoms with van der Waals surface area (Å²) in [6.45, 7) is 0. The van der Waals surface area contributed by atoms with Gasteiger partial charge >= 0.3 is 5.97 Å². The predicted molar refractivity (Wildman–Crippen MR) is 53.7 cm³/mol. The van der Waals surface area contributed by atoms with Gasteiger partial charge in [-0.15, -0.1) is 5.06 Å². The molecule has 1 aliphatic rings. The zero-order valence-corrected chi connectivity index (χ0v) is 8.25. The molecule has 1 atom stereocenters. The monoisotopic (exact) mass is 205 g/mol. The third kappa shape index (κ3) is 1.85. The summed E-state index contributed by atoms with van der Waals surface area (Å²) < 4.78 is 0. The number of rotatable bonds is 2. The van der Waals surface area contributed by atoms with E-state index in [0.29, 0.717) is 0 Å². The van der Waals surface area contributed by atoms with Crippen molar-refractivity contribution < 1.29 is 14.7 Å². The second-order valence-corrected chi connectivity index (χ2v) is 3.33. The molecule has 1 heterocycles. The van der Waals surface area contributed by atoms with Gasteiger partial charge in [0.15, 0.2) is 0 Å². The van der Waals surface area contributed by atoms with Crippen molar-refractivity contribution in [2.24, 2.45) is 0 Å². The first-order valence-corrected chi connectivity index (χ1v) is 4.59. The molecule has 0 aliphatic carbocycles. The summed E-state index contributed by atoms with van der Waals surface area (Å²) in [6.07, 6.45) is 1.59. The maximum Gasteiger partial charge on any atom is 0.373 e. The van der Waals surface area contributed by atoms with E-state index in [1.807, 2.05) is 30.3 Å². The lowest BCUT2D eigenvalue weighted by molar-refractivity contribution is -0.149. The number of benzene rings is 1. The minimum absolute atomic E-state index is 0.0219. The maximum absolute atomic E-state index is 10.7. The standard InChI is InChI=1S/C11H11NO3/c1-12-9(7-10(15-12)11(13)14)8-5-3-2-4-6-8/h2-7,9H,1H3,(H,13,14)/t9-/m0/s1. The van der Waals surface area contributed by atoms with Crippen LogP contribution in [-0.4, -0.2) is 23.2 Å². The SMILES string of the molecule is CN1OC(C(=O)O)=C[C@H]1c1ccccc1. The molecule has 15 heavy (non-hydrogen) atoms. The van der Waals surface area contributed by atoms with Gasteiger partial charge in [0.2, 0.25) is 5.76 Å².